The summed E-state index contributed by atoms with van der Waals surface area (Å²) < 4.78 is 10.5. The van der Waals surface area contributed by atoms with E-state index in [9.17, 15) is 4.79 Å². The van der Waals surface area contributed by atoms with Crippen LogP contribution in [0.1, 0.15) is 10.4 Å². The van der Waals surface area contributed by atoms with Crippen molar-refractivity contribution >= 4 is 17.4 Å². The van der Waals surface area contributed by atoms with Crippen LogP contribution in [0.5, 0.6) is 11.5 Å². The lowest BCUT2D eigenvalue weighted by Crippen LogP contribution is -2.43. The zero-order chi connectivity index (χ0) is 16.4. The summed E-state index contributed by atoms with van der Waals surface area (Å²) in [5.41, 5.74) is 1.34. The van der Waals surface area contributed by atoms with Gasteiger partial charge in [-0.15, -0.1) is 0 Å². The Bertz CT molecular complexity index is 711. The second-order valence-electron chi connectivity index (χ2n) is 5.33. The highest BCUT2D eigenvalue weighted by Gasteiger charge is 2.27. The van der Waals surface area contributed by atoms with Crippen molar-refractivity contribution in [2.24, 2.45) is 0 Å². The average Bonchev–Trinajstić information content (AvgIpc) is 2.61. The van der Waals surface area contributed by atoms with Crippen LogP contribution in [-0.4, -0.2) is 45.2 Å². The van der Waals surface area contributed by atoms with Crippen LogP contribution in [0.15, 0.2) is 36.5 Å². The van der Waals surface area contributed by atoms with Crippen LogP contribution in [0.4, 0.5) is 11.5 Å². The first-order valence-corrected chi connectivity index (χ1v) is 7.35. The number of carbonyl (C=O) groups excluding carboxylic acids is 1. The molecule has 0 saturated heterocycles. The van der Waals surface area contributed by atoms with E-state index in [0.717, 1.165) is 18.1 Å². The Balaban J connectivity index is 2.00. The SMILES string of the molecule is COc1cc(OC)cc(C(=O)N2CCN(C)c3ncccc32)c1. The van der Waals surface area contributed by atoms with Gasteiger partial charge < -0.3 is 19.3 Å². The number of aromatic nitrogens is 1. The summed E-state index contributed by atoms with van der Waals surface area (Å²) in [5, 5.41) is 0. The molecule has 0 bridgehead atoms. The summed E-state index contributed by atoms with van der Waals surface area (Å²) >= 11 is 0. The average molecular weight is 313 g/mol. The molecule has 1 aliphatic rings. The molecule has 6 nitrogen and oxygen atoms in total. The van der Waals surface area contributed by atoms with Crippen molar-refractivity contribution in [3.05, 3.63) is 42.1 Å². The number of fused-ring (bicyclic) bond motifs is 1. The van der Waals surface area contributed by atoms with E-state index in [-0.39, 0.29) is 5.91 Å². The quantitative estimate of drug-likeness (QED) is 0.869. The van der Waals surface area contributed by atoms with E-state index < -0.39 is 0 Å². The molecule has 1 aromatic heterocycles. The number of anilines is 2. The maximum absolute atomic E-state index is 13.0. The number of methoxy groups -OCH3 is 2. The number of likely N-dealkylation sites (N-methyl/N-ethyl adjacent to an activating group) is 1. The van der Waals surface area contributed by atoms with Crippen LogP contribution in [-0.2, 0) is 0 Å². The molecule has 0 unspecified atom stereocenters. The minimum Gasteiger partial charge on any atom is -0.497 e. The third-order valence-electron chi connectivity index (χ3n) is 3.92. The predicted molar refractivity (Wildman–Crippen MR) is 88.7 cm³/mol. The number of benzene rings is 1. The topological polar surface area (TPSA) is 54.9 Å². The maximum Gasteiger partial charge on any atom is 0.258 e. The van der Waals surface area contributed by atoms with Gasteiger partial charge in [0.25, 0.3) is 5.91 Å². The largest absolute Gasteiger partial charge is 0.497 e. The number of ether oxygens (including phenoxy) is 2. The predicted octanol–water partition coefficient (Wildman–Crippen LogP) is 2.20. The van der Waals surface area contributed by atoms with Crippen LogP contribution in [0.3, 0.4) is 0 Å². The Kier molecular flexibility index (Phi) is 4.06. The minimum atomic E-state index is -0.0930. The van der Waals surface area contributed by atoms with E-state index in [1.54, 1.807) is 43.5 Å². The van der Waals surface area contributed by atoms with Gasteiger partial charge >= 0.3 is 0 Å². The first-order valence-electron chi connectivity index (χ1n) is 7.35. The van der Waals surface area contributed by atoms with Gasteiger partial charge in [-0.1, -0.05) is 0 Å². The zero-order valence-corrected chi connectivity index (χ0v) is 13.4. The molecular formula is C17H19N3O3. The summed E-state index contributed by atoms with van der Waals surface area (Å²) in [6, 6.07) is 8.94. The molecule has 2 heterocycles. The molecule has 0 N–H and O–H groups in total. The van der Waals surface area contributed by atoms with Gasteiger partial charge in [0.1, 0.15) is 11.5 Å². The molecule has 6 heteroatoms. The summed E-state index contributed by atoms with van der Waals surface area (Å²) in [7, 11) is 5.11. The summed E-state index contributed by atoms with van der Waals surface area (Å²) in [5.74, 6) is 1.90. The molecule has 0 aliphatic carbocycles. The molecule has 0 radical (unpaired) electrons. The van der Waals surface area contributed by atoms with E-state index >= 15 is 0 Å². The molecule has 0 fully saturated rings. The molecular weight excluding hydrogens is 294 g/mol. The second kappa shape index (κ2) is 6.16. The van der Waals surface area contributed by atoms with Crippen molar-refractivity contribution in [1.29, 1.82) is 0 Å². The van der Waals surface area contributed by atoms with Gasteiger partial charge in [0.2, 0.25) is 0 Å². The molecule has 23 heavy (non-hydrogen) atoms. The van der Waals surface area contributed by atoms with Crippen molar-refractivity contribution in [1.82, 2.24) is 4.98 Å². The minimum absolute atomic E-state index is 0.0930. The monoisotopic (exact) mass is 313 g/mol. The fourth-order valence-electron chi connectivity index (χ4n) is 2.67. The first-order chi connectivity index (χ1) is 11.1. The Labute approximate surface area is 135 Å². The number of rotatable bonds is 3. The van der Waals surface area contributed by atoms with Gasteiger partial charge in [-0.2, -0.15) is 0 Å². The van der Waals surface area contributed by atoms with E-state index in [1.807, 2.05) is 24.1 Å². The van der Waals surface area contributed by atoms with Crippen molar-refractivity contribution in [2.75, 3.05) is 44.2 Å². The van der Waals surface area contributed by atoms with Gasteiger partial charge in [0.15, 0.2) is 5.82 Å². The van der Waals surface area contributed by atoms with Gasteiger partial charge in [-0.05, 0) is 24.3 Å². The Morgan fingerprint density at radius 2 is 1.83 bits per heavy atom. The van der Waals surface area contributed by atoms with Crippen LogP contribution in [0.2, 0.25) is 0 Å². The first kappa shape index (κ1) is 15.1. The third-order valence-corrected chi connectivity index (χ3v) is 3.92. The van der Waals surface area contributed by atoms with Crippen molar-refractivity contribution < 1.29 is 14.3 Å². The fraction of sp³-hybridized carbons (Fsp3) is 0.294. The molecule has 0 atom stereocenters. The molecule has 1 aliphatic heterocycles. The Morgan fingerprint density at radius 1 is 1.13 bits per heavy atom. The van der Waals surface area contributed by atoms with Crippen LogP contribution < -0.4 is 19.3 Å². The molecule has 120 valence electrons. The third kappa shape index (κ3) is 2.79. The van der Waals surface area contributed by atoms with Crippen LogP contribution in [0.25, 0.3) is 0 Å². The van der Waals surface area contributed by atoms with Gasteiger partial charge in [-0.25, -0.2) is 4.98 Å². The van der Waals surface area contributed by atoms with E-state index in [1.165, 1.54) is 0 Å². The number of carbonyl (C=O) groups is 1. The van der Waals surface area contributed by atoms with Gasteiger partial charge in [0.05, 0.1) is 19.9 Å². The number of amides is 1. The highest BCUT2D eigenvalue weighted by atomic mass is 16.5. The molecule has 0 saturated carbocycles. The smallest absolute Gasteiger partial charge is 0.258 e. The van der Waals surface area contributed by atoms with Crippen LogP contribution in [0, 0.1) is 0 Å². The lowest BCUT2D eigenvalue weighted by Gasteiger charge is -2.34. The van der Waals surface area contributed by atoms with Crippen molar-refractivity contribution in [3.63, 3.8) is 0 Å². The molecule has 2 aromatic rings. The number of hydrogen-bond acceptors (Lipinski definition) is 5. The maximum atomic E-state index is 13.0. The lowest BCUT2D eigenvalue weighted by molar-refractivity contribution is 0.0986. The second-order valence-corrected chi connectivity index (χ2v) is 5.33. The normalized spacial score (nSPS) is 13.5. The number of hydrogen-bond donors (Lipinski definition) is 0. The highest BCUT2D eigenvalue weighted by molar-refractivity contribution is 6.08. The molecule has 1 aromatic carbocycles. The highest BCUT2D eigenvalue weighted by Crippen LogP contribution is 2.32. The van der Waals surface area contributed by atoms with E-state index in [2.05, 4.69) is 4.98 Å². The van der Waals surface area contributed by atoms with Crippen molar-refractivity contribution in [2.45, 2.75) is 0 Å². The number of nitrogens with zero attached hydrogens (tertiary/aromatic N) is 3. The van der Waals surface area contributed by atoms with Gasteiger partial charge in [-0.3, -0.25) is 4.79 Å². The van der Waals surface area contributed by atoms with Gasteiger partial charge in [0, 0.05) is 38.0 Å². The lowest BCUT2D eigenvalue weighted by atomic mass is 10.1. The van der Waals surface area contributed by atoms with Crippen LogP contribution >= 0.6 is 0 Å². The standard InChI is InChI=1S/C17H19N3O3/c1-19-7-8-20(15-5-4-6-18-16(15)19)17(21)12-9-13(22-2)11-14(10-12)23-3/h4-6,9-11H,7-8H2,1-3H3. The van der Waals surface area contributed by atoms with E-state index in [4.69, 9.17) is 9.47 Å². The Hall–Kier alpha value is -2.76. The summed E-state index contributed by atoms with van der Waals surface area (Å²) in [6.45, 7) is 1.34. The molecule has 0 spiro atoms. The molecule has 3 rings (SSSR count). The zero-order valence-electron chi connectivity index (χ0n) is 13.4. The fourth-order valence-corrected chi connectivity index (χ4v) is 2.67. The van der Waals surface area contributed by atoms with Crippen molar-refractivity contribution in [3.8, 4) is 11.5 Å². The summed E-state index contributed by atoms with van der Waals surface area (Å²) in [4.78, 5) is 21.1. The molecule has 1 amide bonds. The Morgan fingerprint density at radius 3 is 2.48 bits per heavy atom. The van der Waals surface area contributed by atoms with E-state index in [0.29, 0.717) is 23.6 Å². The number of pyridine rings is 1. The summed E-state index contributed by atoms with van der Waals surface area (Å²) in [6.07, 6.45) is 1.73.